The molecule has 0 aliphatic rings. The van der Waals surface area contributed by atoms with Crippen LogP contribution >= 0.6 is 12.6 Å². The zero-order chi connectivity index (χ0) is 13.9. The molecule has 0 bridgehead atoms. The van der Waals surface area contributed by atoms with Crippen LogP contribution in [-0.4, -0.2) is 31.4 Å². The molecular formula is C15H23NO2S. The number of rotatable bonds is 9. The van der Waals surface area contributed by atoms with Gasteiger partial charge in [-0.25, -0.2) is 0 Å². The molecule has 106 valence electrons. The van der Waals surface area contributed by atoms with Gasteiger partial charge in [-0.05, 0) is 31.2 Å². The van der Waals surface area contributed by atoms with Crippen molar-refractivity contribution in [1.29, 1.82) is 0 Å². The Hall–Kier alpha value is -1.00. The molecule has 1 N–H and O–H groups in total. The minimum Gasteiger partial charge on any atom is -0.385 e. The molecule has 0 aromatic heterocycles. The minimum atomic E-state index is -0.277. The number of carbonyl (C=O) groups excluding carboxylic acids is 1. The summed E-state index contributed by atoms with van der Waals surface area (Å²) >= 11 is 4.36. The van der Waals surface area contributed by atoms with Gasteiger partial charge in [0.1, 0.15) is 0 Å². The molecule has 1 aromatic rings. The summed E-state index contributed by atoms with van der Waals surface area (Å²) in [5.74, 6) is 0.0129. The number of ether oxygens (including phenoxy) is 1. The number of benzene rings is 1. The fraction of sp³-hybridized carbons (Fsp3) is 0.533. The van der Waals surface area contributed by atoms with Crippen LogP contribution in [0.2, 0.25) is 0 Å². The molecule has 0 radical (unpaired) electrons. The Bertz CT molecular complexity index is 356. The third-order valence-corrected chi connectivity index (χ3v) is 3.32. The summed E-state index contributed by atoms with van der Waals surface area (Å²) in [6.45, 7) is 1.51. The summed E-state index contributed by atoms with van der Waals surface area (Å²) in [6, 6.07) is 9.95. The van der Waals surface area contributed by atoms with Crippen molar-refractivity contribution in [2.75, 3.05) is 20.3 Å². The second-order valence-corrected chi connectivity index (χ2v) is 5.17. The van der Waals surface area contributed by atoms with Gasteiger partial charge in [0.15, 0.2) is 0 Å². The number of methoxy groups -OCH3 is 1. The third kappa shape index (κ3) is 7.23. The van der Waals surface area contributed by atoms with Gasteiger partial charge in [0.25, 0.3) is 0 Å². The van der Waals surface area contributed by atoms with Gasteiger partial charge in [0.05, 0.1) is 5.25 Å². The number of hydrogen-bond donors (Lipinski definition) is 2. The Balaban J connectivity index is 2.15. The maximum absolute atomic E-state index is 11.8. The highest BCUT2D eigenvalue weighted by atomic mass is 32.1. The van der Waals surface area contributed by atoms with Crippen molar-refractivity contribution in [3.8, 4) is 0 Å². The van der Waals surface area contributed by atoms with E-state index in [1.807, 2.05) is 30.3 Å². The van der Waals surface area contributed by atoms with E-state index in [1.54, 1.807) is 7.11 Å². The lowest BCUT2D eigenvalue weighted by atomic mass is 10.1. The van der Waals surface area contributed by atoms with Crippen LogP contribution in [0, 0.1) is 0 Å². The molecule has 0 saturated heterocycles. The molecule has 0 fully saturated rings. The maximum Gasteiger partial charge on any atom is 0.233 e. The normalized spacial score (nSPS) is 12.1. The highest BCUT2D eigenvalue weighted by molar-refractivity contribution is 7.81. The van der Waals surface area contributed by atoms with E-state index >= 15 is 0 Å². The van der Waals surface area contributed by atoms with Crippen LogP contribution in [0.25, 0.3) is 0 Å². The van der Waals surface area contributed by atoms with Gasteiger partial charge in [0.2, 0.25) is 5.91 Å². The zero-order valence-corrected chi connectivity index (χ0v) is 12.4. The van der Waals surface area contributed by atoms with Crippen LogP contribution in [0.15, 0.2) is 30.3 Å². The van der Waals surface area contributed by atoms with E-state index < -0.39 is 0 Å². The van der Waals surface area contributed by atoms with Gasteiger partial charge >= 0.3 is 0 Å². The molecule has 0 saturated carbocycles. The first-order valence-corrected chi connectivity index (χ1v) is 7.24. The first-order chi connectivity index (χ1) is 9.24. The van der Waals surface area contributed by atoms with Crippen molar-refractivity contribution < 1.29 is 9.53 Å². The summed E-state index contributed by atoms with van der Waals surface area (Å²) in [5.41, 5.74) is 1.14. The summed E-state index contributed by atoms with van der Waals surface area (Å²) in [5, 5.41) is 2.65. The molecule has 3 nitrogen and oxygen atoms in total. The summed E-state index contributed by atoms with van der Waals surface area (Å²) in [7, 11) is 1.71. The van der Waals surface area contributed by atoms with Crippen LogP contribution in [0.3, 0.4) is 0 Å². The second-order valence-electron chi connectivity index (χ2n) is 4.55. The Morgan fingerprint density at radius 1 is 1.26 bits per heavy atom. The van der Waals surface area contributed by atoms with Crippen molar-refractivity contribution in [3.05, 3.63) is 35.9 Å². The number of nitrogens with one attached hydrogen (secondary N) is 1. The quantitative estimate of drug-likeness (QED) is 0.539. The molecule has 0 spiro atoms. The van der Waals surface area contributed by atoms with Crippen LogP contribution in [0.5, 0.6) is 0 Å². The van der Waals surface area contributed by atoms with Crippen LogP contribution in [0.4, 0.5) is 0 Å². The fourth-order valence-electron chi connectivity index (χ4n) is 1.81. The predicted molar refractivity (Wildman–Crippen MR) is 81.7 cm³/mol. The fourth-order valence-corrected chi connectivity index (χ4v) is 2.11. The average molecular weight is 281 g/mol. The van der Waals surface area contributed by atoms with Crippen molar-refractivity contribution in [2.45, 2.75) is 30.9 Å². The smallest absolute Gasteiger partial charge is 0.233 e. The Kier molecular flexibility index (Phi) is 8.34. The largest absolute Gasteiger partial charge is 0.385 e. The molecular weight excluding hydrogens is 258 g/mol. The van der Waals surface area contributed by atoms with E-state index in [2.05, 4.69) is 17.9 Å². The zero-order valence-electron chi connectivity index (χ0n) is 11.5. The van der Waals surface area contributed by atoms with Crippen molar-refractivity contribution in [1.82, 2.24) is 5.32 Å². The van der Waals surface area contributed by atoms with Crippen molar-refractivity contribution in [2.24, 2.45) is 0 Å². The van der Waals surface area contributed by atoms with Crippen LogP contribution in [-0.2, 0) is 16.0 Å². The molecule has 0 heterocycles. The van der Waals surface area contributed by atoms with Gasteiger partial charge in [-0.3, -0.25) is 4.79 Å². The topological polar surface area (TPSA) is 38.3 Å². The van der Waals surface area contributed by atoms with Crippen molar-refractivity contribution in [3.63, 3.8) is 0 Å². The lowest BCUT2D eigenvalue weighted by molar-refractivity contribution is -0.120. The van der Waals surface area contributed by atoms with E-state index in [1.165, 1.54) is 0 Å². The Morgan fingerprint density at radius 3 is 2.68 bits per heavy atom. The Morgan fingerprint density at radius 2 is 2.00 bits per heavy atom. The first kappa shape index (κ1) is 16.1. The molecule has 19 heavy (non-hydrogen) atoms. The maximum atomic E-state index is 11.8. The molecule has 1 amide bonds. The molecule has 1 rings (SSSR count). The van der Waals surface area contributed by atoms with E-state index in [0.717, 1.165) is 31.4 Å². The van der Waals surface area contributed by atoms with Gasteiger partial charge in [-0.15, -0.1) is 0 Å². The molecule has 1 aromatic carbocycles. The Labute approximate surface area is 121 Å². The number of hydrogen-bond acceptors (Lipinski definition) is 3. The highest BCUT2D eigenvalue weighted by Crippen LogP contribution is 2.07. The highest BCUT2D eigenvalue weighted by Gasteiger charge is 2.13. The van der Waals surface area contributed by atoms with E-state index in [0.29, 0.717) is 13.0 Å². The van der Waals surface area contributed by atoms with E-state index in [4.69, 9.17) is 4.74 Å². The SMILES string of the molecule is COCCCCCNC(=O)C(S)Cc1ccccc1. The number of unbranched alkanes of at least 4 members (excludes halogenated alkanes) is 2. The number of thiol groups is 1. The van der Waals surface area contributed by atoms with Gasteiger partial charge in [0, 0.05) is 20.3 Å². The molecule has 4 heteroatoms. The van der Waals surface area contributed by atoms with E-state index in [9.17, 15) is 4.79 Å². The standard InChI is InChI=1S/C15H23NO2S/c1-18-11-7-3-6-10-16-15(17)14(19)12-13-8-4-2-5-9-13/h2,4-5,8-9,14,19H,3,6-7,10-12H2,1H3,(H,16,17). The van der Waals surface area contributed by atoms with Gasteiger partial charge in [-0.2, -0.15) is 12.6 Å². The lowest BCUT2D eigenvalue weighted by Gasteiger charge is -2.11. The minimum absolute atomic E-state index is 0.0129. The number of amides is 1. The van der Waals surface area contributed by atoms with Crippen molar-refractivity contribution >= 4 is 18.5 Å². The number of carbonyl (C=O) groups is 1. The van der Waals surface area contributed by atoms with Crippen LogP contribution in [0.1, 0.15) is 24.8 Å². The van der Waals surface area contributed by atoms with E-state index in [-0.39, 0.29) is 11.2 Å². The van der Waals surface area contributed by atoms with Crippen LogP contribution < -0.4 is 5.32 Å². The summed E-state index contributed by atoms with van der Waals surface area (Å²) in [6.07, 6.45) is 3.77. The molecule has 0 aliphatic heterocycles. The monoisotopic (exact) mass is 281 g/mol. The molecule has 0 aliphatic carbocycles. The average Bonchev–Trinajstić information content (AvgIpc) is 2.43. The summed E-state index contributed by atoms with van der Waals surface area (Å²) in [4.78, 5) is 11.8. The predicted octanol–water partition coefficient (Wildman–Crippen LogP) is 2.46. The molecule has 1 atom stereocenters. The van der Waals surface area contributed by atoms with Gasteiger partial charge < -0.3 is 10.1 Å². The lowest BCUT2D eigenvalue weighted by Crippen LogP contribution is -2.33. The molecule has 1 unspecified atom stereocenters. The summed E-state index contributed by atoms with van der Waals surface area (Å²) < 4.78 is 4.97. The second kappa shape index (κ2) is 9.87. The first-order valence-electron chi connectivity index (χ1n) is 6.72. The third-order valence-electron chi connectivity index (χ3n) is 2.90. The van der Waals surface area contributed by atoms with Gasteiger partial charge in [-0.1, -0.05) is 30.3 Å².